The first kappa shape index (κ1) is 17.4. The van der Waals surface area contributed by atoms with Crippen molar-refractivity contribution in [3.63, 3.8) is 0 Å². The van der Waals surface area contributed by atoms with Crippen LogP contribution in [0.1, 0.15) is 26.3 Å². The largest absolute Gasteiger partial charge is 0.497 e. The Kier molecular flexibility index (Phi) is 6.55. The van der Waals surface area contributed by atoms with Crippen LogP contribution in [0, 0.1) is 0 Å². The van der Waals surface area contributed by atoms with Gasteiger partial charge in [-0.15, -0.1) is 0 Å². The Balaban J connectivity index is 2.61. The number of thioether (sulfide) groups is 1. The van der Waals surface area contributed by atoms with Gasteiger partial charge < -0.3 is 15.2 Å². The normalized spacial score (nSPS) is 12.1. The molecular formula is C15H22N2O3S. The summed E-state index contributed by atoms with van der Waals surface area (Å²) in [5.74, 6) is 0.506. The fraction of sp³-hybridized carbons (Fsp3) is 0.467. The Labute approximate surface area is 129 Å². The highest BCUT2D eigenvalue weighted by molar-refractivity contribution is 8.15. The summed E-state index contributed by atoms with van der Waals surface area (Å²) in [6, 6.07) is 7.60. The van der Waals surface area contributed by atoms with Crippen LogP contribution >= 0.6 is 11.8 Å². The Morgan fingerprint density at radius 1 is 1.33 bits per heavy atom. The van der Waals surface area contributed by atoms with E-state index < -0.39 is 4.75 Å². The highest BCUT2D eigenvalue weighted by Gasteiger charge is 2.31. The number of carbonyl (C=O) groups is 1. The van der Waals surface area contributed by atoms with E-state index in [-0.39, 0.29) is 5.97 Å². The van der Waals surface area contributed by atoms with Gasteiger partial charge in [0.25, 0.3) is 0 Å². The molecular weight excluding hydrogens is 288 g/mol. The summed E-state index contributed by atoms with van der Waals surface area (Å²) in [5, 5.41) is 0.365. The summed E-state index contributed by atoms with van der Waals surface area (Å²) in [4.78, 5) is 16.1. The third-order valence-electron chi connectivity index (χ3n) is 2.70. The van der Waals surface area contributed by atoms with Crippen LogP contribution in [0.2, 0.25) is 0 Å². The number of aliphatic imine (C=N–C) groups is 1. The molecule has 2 N–H and O–H groups in total. The van der Waals surface area contributed by atoms with Gasteiger partial charge in [0.05, 0.1) is 20.3 Å². The van der Waals surface area contributed by atoms with Crippen LogP contribution in [0.15, 0.2) is 29.3 Å². The number of nitrogens with zero attached hydrogens (tertiary/aromatic N) is 1. The third-order valence-corrected chi connectivity index (χ3v) is 3.72. The Morgan fingerprint density at radius 2 is 1.95 bits per heavy atom. The molecule has 1 aromatic carbocycles. The minimum absolute atomic E-state index is 0.294. The van der Waals surface area contributed by atoms with E-state index in [1.807, 2.05) is 24.3 Å². The molecule has 0 aromatic heterocycles. The van der Waals surface area contributed by atoms with Crippen molar-refractivity contribution in [1.82, 2.24) is 0 Å². The molecule has 0 unspecified atom stereocenters. The van der Waals surface area contributed by atoms with Crippen LogP contribution in [0.5, 0.6) is 5.75 Å². The molecule has 0 aliphatic carbocycles. The molecule has 1 rings (SSSR count). The topological polar surface area (TPSA) is 73.9 Å². The highest BCUT2D eigenvalue weighted by Crippen LogP contribution is 2.26. The molecule has 0 aliphatic rings. The molecule has 21 heavy (non-hydrogen) atoms. The zero-order chi connectivity index (χ0) is 15.9. The summed E-state index contributed by atoms with van der Waals surface area (Å²) < 4.78 is 9.36. The summed E-state index contributed by atoms with van der Waals surface area (Å²) in [6.45, 7) is 6.13. The lowest BCUT2D eigenvalue weighted by atomic mass is 10.2. The molecule has 0 atom stereocenters. The standard InChI is InChI=1S/C15H22N2O3S/c1-5-20-13(18)15(2,3)21-14(16)17-10-11-6-8-12(19-4)9-7-11/h6-9H,5,10H2,1-4H3,(H2,16,17). The minimum Gasteiger partial charge on any atom is -0.497 e. The number of hydrogen-bond donors (Lipinski definition) is 1. The summed E-state index contributed by atoms with van der Waals surface area (Å²) in [5.41, 5.74) is 6.90. The van der Waals surface area contributed by atoms with E-state index in [2.05, 4.69) is 4.99 Å². The second-order valence-corrected chi connectivity index (χ2v) is 6.48. The van der Waals surface area contributed by atoms with Crippen molar-refractivity contribution in [2.75, 3.05) is 13.7 Å². The van der Waals surface area contributed by atoms with Crippen molar-refractivity contribution in [3.8, 4) is 5.75 Å². The number of nitrogens with two attached hydrogens (primary N) is 1. The number of rotatable bonds is 6. The molecule has 0 spiro atoms. The van der Waals surface area contributed by atoms with Crippen LogP contribution in [0.3, 0.4) is 0 Å². The molecule has 116 valence electrons. The van der Waals surface area contributed by atoms with Crippen molar-refractivity contribution in [3.05, 3.63) is 29.8 Å². The second kappa shape index (κ2) is 7.93. The van der Waals surface area contributed by atoms with Crippen molar-refractivity contribution >= 4 is 22.9 Å². The predicted octanol–water partition coefficient (Wildman–Crippen LogP) is 2.58. The van der Waals surface area contributed by atoms with Gasteiger partial charge in [-0.1, -0.05) is 23.9 Å². The molecule has 6 heteroatoms. The van der Waals surface area contributed by atoms with E-state index >= 15 is 0 Å². The first-order valence-corrected chi connectivity index (χ1v) is 7.49. The van der Waals surface area contributed by atoms with Crippen LogP contribution < -0.4 is 10.5 Å². The zero-order valence-electron chi connectivity index (χ0n) is 12.9. The van der Waals surface area contributed by atoms with Gasteiger partial charge in [0, 0.05) is 0 Å². The molecule has 0 bridgehead atoms. The van der Waals surface area contributed by atoms with Gasteiger partial charge in [0.15, 0.2) is 5.17 Å². The lowest BCUT2D eigenvalue weighted by Crippen LogP contribution is -2.33. The minimum atomic E-state index is -0.747. The lowest BCUT2D eigenvalue weighted by molar-refractivity contribution is -0.145. The maximum atomic E-state index is 11.8. The number of amidine groups is 1. The van der Waals surface area contributed by atoms with E-state index in [1.54, 1.807) is 27.9 Å². The van der Waals surface area contributed by atoms with Crippen molar-refractivity contribution in [2.45, 2.75) is 32.1 Å². The van der Waals surface area contributed by atoms with E-state index in [0.29, 0.717) is 18.3 Å². The predicted molar refractivity (Wildman–Crippen MR) is 86.6 cm³/mol. The molecule has 0 radical (unpaired) electrons. The monoisotopic (exact) mass is 310 g/mol. The van der Waals surface area contributed by atoms with Crippen LogP contribution in [-0.2, 0) is 16.1 Å². The summed E-state index contributed by atoms with van der Waals surface area (Å²) in [7, 11) is 1.62. The number of benzene rings is 1. The number of ether oxygens (including phenoxy) is 2. The summed E-state index contributed by atoms with van der Waals surface area (Å²) >= 11 is 1.21. The molecule has 0 heterocycles. The van der Waals surface area contributed by atoms with E-state index in [1.165, 1.54) is 11.8 Å². The van der Waals surface area contributed by atoms with Crippen LogP contribution in [0.4, 0.5) is 0 Å². The van der Waals surface area contributed by atoms with Gasteiger partial charge in [0.1, 0.15) is 10.5 Å². The average Bonchev–Trinajstić information content (AvgIpc) is 2.45. The Bertz CT molecular complexity index is 498. The molecule has 0 saturated heterocycles. The van der Waals surface area contributed by atoms with Gasteiger partial charge in [-0.2, -0.15) is 0 Å². The molecule has 0 fully saturated rings. The molecule has 1 aromatic rings. The maximum Gasteiger partial charge on any atom is 0.322 e. The molecule has 0 amide bonds. The first-order chi connectivity index (χ1) is 9.89. The molecule has 0 saturated carbocycles. The number of carbonyl (C=O) groups excluding carboxylic acids is 1. The van der Waals surface area contributed by atoms with Gasteiger partial charge >= 0.3 is 5.97 Å². The Morgan fingerprint density at radius 3 is 2.48 bits per heavy atom. The zero-order valence-corrected chi connectivity index (χ0v) is 13.7. The van der Waals surface area contributed by atoms with Crippen LogP contribution in [0.25, 0.3) is 0 Å². The van der Waals surface area contributed by atoms with Gasteiger partial charge in [-0.25, -0.2) is 0 Å². The molecule has 0 aliphatic heterocycles. The lowest BCUT2D eigenvalue weighted by Gasteiger charge is -2.20. The maximum absolute atomic E-state index is 11.8. The Hall–Kier alpha value is -1.69. The average molecular weight is 310 g/mol. The highest BCUT2D eigenvalue weighted by atomic mass is 32.2. The van der Waals surface area contributed by atoms with Gasteiger partial charge in [-0.3, -0.25) is 9.79 Å². The van der Waals surface area contributed by atoms with Gasteiger partial charge in [-0.05, 0) is 38.5 Å². The van der Waals surface area contributed by atoms with Crippen molar-refractivity contribution in [2.24, 2.45) is 10.7 Å². The third kappa shape index (κ3) is 5.67. The van der Waals surface area contributed by atoms with E-state index in [4.69, 9.17) is 15.2 Å². The second-order valence-electron chi connectivity index (χ2n) is 4.84. The van der Waals surface area contributed by atoms with Crippen molar-refractivity contribution < 1.29 is 14.3 Å². The number of esters is 1. The number of hydrogen-bond acceptors (Lipinski definition) is 5. The van der Waals surface area contributed by atoms with E-state index in [0.717, 1.165) is 11.3 Å². The summed E-state index contributed by atoms with van der Waals surface area (Å²) in [6.07, 6.45) is 0. The SMILES string of the molecule is CCOC(=O)C(C)(C)SC(N)=NCc1ccc(OC)cc1. The fourth-order valence-electron chi connectivity index (χ4n) is 1.54. The van der Waals surface area contributed by atoms with Gasteiger partial charge in [0.2, 0.25) is 0 Å². The fourth-order valence-corrected chi connectivity index (χ4v) is 2.33. The van der Waals surface area contributed by atoms with E-state index in [9.17, 15) is 4.79 Å². The number of methoxy groups -OCH3 is 1. The quantitative estimate of drug-likeness (QED) is 0.496. The molecule has 5 nitrogen and oxygen atoms in total. The van der Waals surface area contributed by atoms with Crippen LogP contribution in [-0.4, -0.2) is 29.6 Å². The first-order valence-electron chi connectivity index (χ1n) is 6.68. The smallest absolute Gasteiger partial charge is 0.322 e. The van der Waals surface area contributed by atoms with Crippen molar-refractivity contribution in [1.29, 1.82) is 0 Å².